The van der Waals surface area contributed by atoms with Crippen molar-refractivity contribution in [1.82, 2.24) is 4.98 Å². The maximum Gasteiger partial charge on any atom is 0.213 e. The van der Waals surface area contributed by atoms with Crippen LogP contribution < -0.4 is 4.74 Å². The molecule has 0 aliphatic heterocycles. The van der Waals surface area contributed by atoms with Gasteiger partial charge in [0, 0.05) is 16.8 Å². The fourth-order valence-corrected chi connectivity index (χ4v) is 2.25. The summed E-state index contributed by atoms with van der Waals surface area (Å²) in [6.45, 7) is 0.758. The molecule has 0 saturated carbocycles. The lowest BCUT2D eigenvalue weighted by atomic mass is 10.2. The molecule has 2 aromatic rings. The number of nitrogens with zero attached hydrogens (tertiary/aromatic N) is 1. The first kappa shape index (κ1) is 13.3. The van der Waals surface area contributed by atoms with E-state index in [1.807, 2.05) is 24.3 Å². The van der Waals surface area contributed by atoms with Crippen LogP contribution in [0.25, 0.3) is 10.9 Å². The van der Waals surface area contributed by atoms with Crippen LogP contribution in [-0.4, -0.2) is 16.9 Å². The summed E-state index contributed by atoms with van der Waals surface area (Å²) in [4.78, 5) is 4.48. The molecular formula is C15H18BrNO. The Labute approximate surface area is 117 Å². The summed E-state index contributed by atoms with van der Waals surface area (Å²) >= 11 is 3.44. The number of halogens is 1. The number of rotatable bonds is 7. The van der Waals surface area contributed by atoms with Crippen molar-refractivity contribution >= 4 is 26.8 Å². The van der Waals surface area contributed by atoms with Crippen LogP contribution in [0.5, 0.6) is 5.88 Å². The zero-order valence-corrected chi connectivity index (χ0v) is 12.0. The minimum absolute atomic E-state index is 0.731. The summed E-state index contributed by atoms with van der Waals surface area (Å²) in [7, 11) is 0. The molecular weight excluding hydrogens is 290 g/mol. The van der Waals surface area contributed by atoms with Crippen molar-refractivity contribution in [3.63, 3.8) is 0 Å². The predicted molar refractivity (Wildman–Crippen MR) is 79.5 cm³/mol. The number of aromatic nitrogens is 1. The second-order valence-corrected chi connectivity index (χ2v) is 5.09. The standard InChI is InChI=1S/C15H18BrNO/c16-11-5-1-2-6-12-18-15-10-9-13-7-3-4-8-14(13)17-15/h3-4,7-10H,1-2,5-6,11-12H2. The molecule has 0 unspecified atom stereocenters. The Morgan fingerprint density at radius 2 is 1.78 bits per heavy atom. The van der Waals surface area contributed by atoms with Gasteiger partial charge in [-0.15, -0.1) is 0 Å². The lowest BCUT2D eigenvalue weighted by molar-refractivity contribution is 0.295. The molecule has 2 nitrogen and oxygen atoms in total. The van der Waals surface area contributed by atoms with Crippen LogP contribution >= 0.6 is 15.9 Å². The van der Waals surface area contributed by atoms with Gasteiger partial charge in [-0.3, -0.25) is 0 Å². The summed E-state index contributed by atoms with van der Waals surface area (Å²) in [5, 5.41) is 2.25. The van der Waals surface area contributed by atoms with Gasteiger partial charge in [0.2, 0.25) is 5.88 Å². The maximum absolute atomic E-state index is 5.67. The number of unbranched alkanes of at least 4 members (excludes halogenated alkanes) is 3. The average Bonchev–Trinajstić information content (AvgIpc) is 2.42. The van der Waals surface area contributed by atoms with Crippen LogP contribution in [0.2, 0.25) is 0 Å². The number of ether oxygens (including phenoxy) is 1. The molecule has 0 spiro atoms. The summed E-state index contributed by atoms with van der Waals surface area (Å²) in [5.74, 6) is 0.731. The smallest absolute Gasteiger partial charge is 0.213 e. The van der Waals surface area contributed by atoms with Gasteiger partial charge in [-0.25, -0.2) is 4.98 Å². The molecule has 0 amide bonds. The van der Waals surface area contributed by atoms with Crippen molar-refractivity contribution in [2.24, 2.45) is 0 Å². The van der Waals surface area contributed by atoms with Crippen molar-refractivity contribution in [2.45, 2.75) is 25.7 Å². The van der Waals surface area contributed by atoms with E-state index in [-0.39, 0.29) is 0 Å². The van der Waals surface area contributed by atoms with Crippen molar-refractivity contribution in [3.05, 3.63) is 36.4 Å². The molecule has 1 aromatic heterocycles. The van der Waals surface area contributed by atoms with Crippen LogP contribution in [0.3, 0.4) is 0 Å². The third kappa shape index (κ3) is 3.98. The molecule has 2 rings (SSSR count). The normalized spacial score (nSPS) is 10.7. The molecule has 3 heteroatoms. The number of hydrogen-bond acceptors (Lipinski definition) is 2. The molecule has 0 atom stereocenters. The quantitative estimate of drug-likeness (QED) is 0.552. The molecule has 0 bridgehead atoms. The first-order chi connectivity index (χ1) is 8.90. The van der Waals surface area contributed by atoms with E-state index in [0.717, 1.165) is 35.1 Å². The predicted octanol–water partition coefficient (Wildman–Crippen LogP) is 4.57. The van der Waals surface area contributed by atoms with E-state index in [2.05, 4.69) is 33.0 Å². The largest absolute Gasteiger partial charge is 0.478 e. The Bertz CT molecular complexity index is 487. The fraction of sp³-hybridized carbons (Fsp3) is 0.400. The topological polar surface area (TPSA) is 22.1 Å². The zero-order valence-electron chi connectivity index (χ0n) is 10.4. The van der Waals surface area contributed by atoms with Crippen molar-refractivity contribution in [1.29, 1.82) is 0 Å². The average molecular weight is 308 g/mol. The fourth-order valence-electron chi connectivity index (χ4n) is 1.85. The molecule has 1 aromatic carbocycles. The number of fused-ring (bicyclic) bond motifs is 1. The van der Waals surface area contributed by atoms with Gasteiger partial charge in [0.25, 0.3) is 0 Å². The van der Waals surface area contributed by atoms with Crippen LogP contribution in [0.15, 0.2) is 36.4 Å². The molecule has 0 N–H and O–H groups in total. The molecule has 0 fully saturated rings. The van der Waals surface area contributed by atoms with Crippen molar-refractivity contribution in [3.8, 4) is 5.88 Å². The lowest BCUT2D eigenvalue weighted by Crippen LogP contribution is -1.99. The number of hydrogen-bond donors (Lipinski definition) is 0. The number of benzene rings is 1. The van der Waals surface area contributed by atoms with E-state index < -0.39 is 0 Å². The highest BCUT2D eigenvalue weighted by Crippen LogP contribution is 2.16. The summed E-state index contributed by atoms with van der Waals surface area (Å²) in [6, 6.07) is 12.1. The van der Waals surface area contributed by atoms with Gasteiger partial charge in [-0.05, 0) is 25.0 Å². The first-order valence-electron chi connectivity index (χ1n) is 6.45. The highest BCUT2D eigenvalue weighted by molar-refractivity contribution is 9.09. The van der Waals surface area contributed by atoms with Gasteiger partial charge >= 0.3 is 0 Å². The third-order valence-corrected chi connectivity index (χ3v) is 3.41. The molecule has 0 saturated heterocycles. The van der Waals surface area contributed by atoms with Crippen molar-refractivity contribution in [2.75, 3.05) is 11.9 Å². The van der Waals surface area contributed by atoms with Crippen LogP contribution in [-0.2, 0) is 0 Å². The second-order valence-electron chi connectivity index (χ2n) is 4.29. The van der Waals surface area contributed by atoms with E-state index in [1.165, 1.54) is 19.3 Å². The highest BCUT2D eigenvalue weighted by atomic mass is 79.9. The Hall–Kier alpha value is -1.09. The van der Waals surface area contributed by atoms with E-state index in [4.69, 9.17) is 4.74 Å². The summed E-state index contributed by atoms with van der Waals surface area (Å²) in [6.07, 6.45) is 4.83. The van der Waals surface area contributed by atoms with E-state index >= 15 is 0 Å². The molecule has 0 aliphatic rings. The highest BCUT2D eigenvalue weighted by Gasteiger charge is 1.98. The van der Waals surface area contributed by atoms with Gasteiger partial charge in [-0.2, -0.15) is 0 Å². The van der Waals surface area contributed by atoms with E-state index in [9.17, 15) is 0 Å². The van der Waals surface area contributed by atoms with Crippen LogP contribution in [0.4, 0.5) is 0 Å². The second kappa shape index (κ2) is 7.37. The lowest BCUT2D eigenvalue weighted by Gasteiger charge is -2.06. The Morgan fingerprint density at radius 3 is 2.67 bits per heavy atom. The molecule has 1 heterocycles. The van der Waals surface area contributed by atoms with Crippen molar-refractivity contribution < 1.29 is 4.74 Å². The van der Waals surface area contributed by atoms with E-state index in [1.54, 1.807) is 0 Å². The van der Waals surface area contributed by atoms with Gasteiger partial charge in [0.05, 0.1) is 12.1 Å². The van der Waals surface area contributed by atoms with E-state index in [0.29, 0.717) is 0 Å². The Morgan fingerprint density at radius 1 is 0.944 bits per heavy atom. The van der Waals surface area contributed by atoms with Crippen LogP contribution in [0, 0.1) is 0 Å². The summed E-state index contributed by atoms with van der Waals surface area (Å²) < 4.78 is 5.67. The molecule has 0 radical (unpaired) electrons. The SMILES string of the molecule is BrCCCCCCOc1ccc2ccccc2n1. The zero-order chi connectivity index (χ0) is 12.6. The van der Waals surface area contributed by atoms with Crippen LogP contribution in [0.1, 0.15) is 25.7 Å². The van der Waals surface area contributed by atoms with Gasteiger partial charge in [0.15, 0.2) is 0 Å². The Kier molecular flexibility index (Phi) is 5.46. The minimum atomic E-state index is 0.731. The number of pyridine rings is 1. The van der Waals surface area contributed by atoms with Gasteiger partial charge in [-0.1, -0.05) is 47.0 Å². The van der Waals surface area contributed by atoms with Gasteiger partial charge in [0.1, 0.15) is 0 Å². The molecule has 0 aliphatic carbocycles. The number of alkyl halides is 1. The summed E-state index contributed by atoms with van der Waals surface area (Å²) in [5.41, 5.74) is 0.995. The minimum Gasteiger partial charge on any atom is -0.478 e. The Balaban J connectivity index is 1.81. The maximum atomic E-state index is 5.67. The first-order valence-corrected chi connectivity index (χ1v) is 7.57. The monoisotopic (exact) mass is 307 g/mol. The van der Waals surface area contributed by atoms with Gasteiger partial charge < -0.3 is 4.74 Å². The molecule has 96 valence electrons. The third-order valence-electron chi connectivity index (χ3n) is 2.85. The number of para-hydroxylation sites is 1. The molecule has 18 heavy (non-hydrogen) atoms.